The summed E-state index contributed by atoms with van der Waals surface area (Å²) in [4.78, 5) is 40.4. The Morgan fingerprint density at radius 2 is 1.96 bits per heavy atom. The Morgan fingerprint density at radius 1 is 1.16 bits per heavy atom. The summed E-state index contributed by atoms with van der Waals surface area (Å²) in [5, 5.41) is 26.3. The molecular weight excluding hydrogens is 583 g/mol. The molecule has 4 aromatic heterocycles. The van der Waals surface area contributed by atoms with Crippen LogP contribution in [0.5, 0.6) is 0 Å². The highest BCUT2D eigenvalue weighted by Crippen LogP contribution is 2.30. The van der Waals surface area contributed by atoms with Crippen molar-refractivity contribution in [2.45, 2.75) is 64.0 Å². The second-order valence-electron chi connectivity index (χ2n) is 11.1. The highest BCUT2D eigenvalue weighted by Gasteiger charge is 2.42. The summed E-state index contributed by atoms with van der Waals surface area (Å²) < 4.78 is 20.5. The van der Waals surface area contributed by atoms with E-state index in [4.69, 9.17) is 19.8 Å². The number of carbonyl (C=O) groups excluding carboxylic acids is 1. The Bertz CT molecular complexity index is 1610. The molecule has 15 heteroatoms. The summed E-state index contributed by atoms with van der Waals surface area (Å²) in [6.07, 6.45) is 6.74. The molecule has 1 aliphatic rings. The van der Waals surface area contributed by atoms with Gasteiger partial charge in [0.05, 0.1) is 18.4 Å². The van der Waals surface area contributed by atoms with Crippen LogP contribution in [0.1, 0.15) is 62.0 Å². The van der Waals surface area contributed by atoms with Crippen molar-refractivity contribution in [3.05, 3.63) is 65.6 Å². The van der Waals surface area contributed by atoms with Crippen LogP contribution in [0.2, 0.25) is 0 Å². The lowest BCUT2D eigenvalue weighted by molar-refractivity contribution is -0.146. The van der Waals surface area contributed by atoms with Gasteiger partial charge in [-0.15, -0.1) is 0 Å². The molecule has 1 amide bonds. The standard InChI is InChI=1S/C30H37FN10O4/c1-19-14-25(39-38-19)36-24-15-23(6-4-5-7-27(42)43)35-29(37-24)40-12-10-30(45-3,11-13-40)28(44)34-20(2)21-8-9-26(32-16-21)41-18-22(31)17-33-41/h8-9,14-18,20H,4-7,10-13H2,1-3H3,(H,34,44)(H,42,43)(H2,35,36,37,38,39)/t20-/m0/s1. The maximum Gasteiger partial charge on any atom is 0.303 e. The minimum Gasteiger partial charge on any atom is -0.481 e. The Morgan fingerprint density at radius 3 is 2.58 bits per heavy atom. The van der Waals surface area contributed by atoms with Crippen LogP contribution < -0.4 is 15.5 Å². The minimum absolute atomic E-state index is 0.107. The summed E-state index contributed by atoms with van der Waals surface area (Å²) in [5.74, 6) is 0.684. The first-order chi connectivity index (χ1) is 21.6. The van der Waals surface area contributed by atoms with Crippen molar-refractivity contribution < 1.29 is 23.8 Å². The highest BCUT2D eigenvalue weighted by molar-refractivity contribution is 5.86. The normalized spacial score (nSPS) is 15.1. The molecule has 0 unspecified atom stereocenters. The Balaban J connectivity index is 1.24. The number of H-pyrrole nitrogens is 1. The number of rotatable bonds is 13. The topological polar surface area (TPSA) is 176 Å². The molecule has 14 nitrogen and oxygen atoms in total. The molecule has 1 saturated heterocycles. The van der Waals surface area contributed by atoms with Gasteiger partial charge in [0, 0.05) is 69.2 Å². The van der Waals surface area contributed by atoms with Gasteiger partial charge in [-0.2, -0.15) is 15.2 Å². The molecule has 238 valence electrons. The third-order valence-electron chi connectivity index (χ3n) is 7.87. The van der Waals surface area contributed by atoms with Gasteiger partial charge in [0.1, 0.15) is 11.4 Å². The number of piperidine rings is 1. The molecule has 5 rings (SSSR count). The molecule has 0 spiro atoms. The molecule has 0 bridgehead atoms. The number of halogens is 1. The molecule has 45 heavy (non-hydrogen) atoms. The van der Waals surface area contributed by atoms with Gasteiger partial charge in [0.25, 0.3) is 5.91 Å². The Hall–Kier alpha value is -4.92. The third kappa shape index (κ3) is 7.78. The number of aromatic amines is 1. The number of carboxylic acid groups (broad SMARTS) is 1. The zero-order valence-corrected chi connectivity index (χ0v) is 25.5. The van der Waals surface area contributed by atoms with Gasteiger partial charge >= 0.3 is 5.97 Å². The maximum atomic E-state index is 13.6. The van der Waals surface area contributed by atoms with E-state index < -0.39 is 17.4 Å². The minimum atomic E-state index is -1.03. The smallest absolute Gasteiger partial charge is 0.303 e. The van der Waals surface area contributed by atoms with Gasteiger partial charge < -0.3 is 25.4 Å². The molecular formula is C30H37FN10O4. The number of carboxylic acids is 1. The fraction of sp³-hybridized carbons (Fsp3) is 0.433. The number of pyridine rings is 1. The van der Waals surface area contributed by atoms with E-state index in [2.05, 4.69) is 30.9 Å². The first-order valence-electron chi connectivity index (χ1n) is 14.8. The molecule has 4 aromatic rings. The monoisotopic (exact) mass is 620 g/mol. The summed E-state index contributed by atoms with van der Waals surface area (Å²) >= 11 is 0. The third-order valence-corrected chi connectivity index (χ3v) is 7.87. The van der Waals surface area contributed by atoms with Gasteiger partial charge in [-0.3, -0.25) is 14.7 Å². The number of methoxy groups -OCH3 is 1. The number of unbranched alkanes of at least 4 members (excludes halogenated alkanes) is 1. The quantitative estimate of drug-likeness (QED) is 0.161. The summed E-state index contributed by atoms with van der Waals surface area (Å²) in [5.41, 5.74) is 1.43. The average Bonchev–Trinajstić information content (AvgIpc) is 3.66. The second-order valence-corrected chi connectivity index (χ2v) is 11.1. The van der Waals surface area contributed by atoms with Crippen LogP contribution in [-0.2, 0) is 20.7 Å². The van der Waals surface area contributed by atoms with Gasteiger partial charge in [0.15, 0.2) is 17.5 Å². The molecule has 0 radical (unpaired) electrons. The Kier molecular flexibility index (Phi) is 9.66. The van der Waals surface area contributed by atoms with E-state index in [1.807, 2.05) is 36.9 Å². The summed E-state index contributed by atoms with van der Waals surface area (Å²) in [6.45, 7) is 4.74. The number of nitrogens with one attached hydrogen (secondary N) is 3. The van der Waals surface area contributed by atoms with E-state index in [1.54, 1.807) is 19.4 Å². The van der Waals surface area contributed by atoms with E-state index in [0.717, 1.165) is 23.1 Å². The van der Waals surface area contributed by atoms with Crippen molar-refractivity contribution in [2.75, 3.05) is 30.4 Å². The number of nitrogens with zero attached hydrogens (tertiary/aromatic N) is 7. The molecule has 0 aromatic carbocycles. The predicted octanol–water partition coefficient (Wildman–Crippen LogP) is 3.63. The molecule has 4 N–H and O–H groups in total. The SMILES string of the molecule is COC1(C(=O)N[C@@H](C)c2ccc(-n3cc(F)cn3)nc2)CCN(c2nc(CCCCC(=O)O)cc(Nc3cc(C)[nH]n3)n2)CC1. The molecule has 5 heterocycles. The van der Waals surface area contributed by atoms with Crippen molar-refractivity contribution in [1.29, 1.82) is 0 Å². The van der Waals surface area contributed by atoms with E-state index in [-0.39, 0.29) is 18.4 Å². The van der Waals surface area contributed by atoms with Crippen molar-refractivity contribution in [3.63, 3.8) is 0 Å². The van der Waals surface area contributed by atoms with Crippen LogP contribution in [0.15, 0.2) is 42.9 Å². The van der Waals surface area contributed by atoms with Crippen molar-refractivity contribution in [1.82, 2.24) is 40.2 Å². The van der Waals surface area contributed by atoms with E-state index in [0.29, 0.717) is 68.6 Å². The molecule has 0 aliphatic carbocycles. The van der Waals surface area contributed by atoms with E-state index in [9.17, 15) is 14.0 Å². The van der Waals surface area contributed by atoms with E-state index >= 15 is 0 Å². The van der Waals surface area contributed by atoms with Gasteiger partial charge in [0.2, 0.25) is 5.95 Å². The fourth-order valence-electron chi connectivity index (χ4n) is 5.23. The lowest BCUT2D eigenvalue weighted by atomic mass is 9.89. The van der Waals surface area contributed by atoms with E-state index in [1.165, 1.54) is 10.9 Å². The number of aromatic nitrogens is 7. The first-order valence-corrected chi connectivity index (χ1v) is 14.8. The van der Waals surface area contributed by atoms with Crippen molar-refractivity contribution >= 4 is 29.5 Å². The molecule has 0 saturated carbocycles. The van der Waals surface area contributed by atoms with Crippen LogP contribution in [0.4, 0.5) is 22.0 Å². The molecule has 1 fully saturated rings. The van der Waals surface area contributed by atoms with Crippen LogP contribution >= 0.6 is 0 Å². The Labute approximate surface area is 259 Å². The molecule has 1 atom stereocenters. The number of ether oxygens (including phenoxy) is 1. The zero-order valence-electron chi connectivity index (χ0n) is 25.5. The van der Waals surface area contributed by atoms with Crippen molar-refractivity contribution in [2.24, 2.45) is 0 Å². The average molecular weight is 621 g/mol. The molecule has 1 aliphatic heterocycles. The van der Waals surface area contributed by atoms with Gasteiger partial charge in [-0.25, -0.2) is 19.0 Å². The fourth-order valence-corrected chi connectivity index (χ4v) is 5.23. The second kappa shape index (κ2) is 13.8. The summed E-state index contributed by atoms with van der Waals surface area (Å²) in [7, 11) is 1.54. The predicted molar refractivity (Wildman–Crippen MR) is 163 cm³/mol. The number of aliphatic carboxylic acids is 1. The lowest BCUT2D eigenvalue weighted by Crippen LogP contribution is -2.55. The number of carbonyl (C=O) groups is 2. The lowest BCUT2D eigenvalue weighted by Gasteiger charge is -2.40. The number of amides is 1. The van der Waals surface area contributed by atoms with Crippen LogP contribution in [0.3, 0.4) is 0 Å². The number of aryl methyl sites for hydroxylation is 2. The summed E-state index contributed by atoms with van der Waals surface area (Å²) in [6, 6.07) is 6.90. The zero-order chi connectivity index (χ0) is 32.0. The number of hydrogen-bond acceptors (Lipinski definition) is 10. The van der Waals surface area contributed by atoms with Gasteiger partial charge in [-0.05, 0) is 44.7 Å². The highest BCUT2D eigenvalue weighted by atomic mass is 19.1. The first kappa shape index (κ1) is 31.5. The number of anilines is 3. The maximum absolute atomic E-state index is 13.6. The van der Waals surface area contributed by atoms with Crippen LogP contribution in [-0.4, -0.2) is 77.7 Å². The number of hydrogen-bond donors (Lipinski definition) is 4. The largest absolute Gasteiger partial charge is 0.481 e. The van der Waals surface area contributed by atoms with Gasteiger partial charge in [-0.1, -0.05) is 6.07 Å². The van der Waals surface area contributed by atoms with Crippen molar-refractivity contribution in [3.8, 4) is 5.82 Å². The van der Waals surface area contributed by atoms with Crippen LogP contribution in [0.25, 0.3) is 5.82 Å². The van der Waals surface area contributed by atoms with Crippen LogP contribution in [0, 0.1) is 12.7 Å².